The molecule has 1 aromatic carbocycles. The van der Waals surface area contributed by atoms with Crippen LogP contribution in [0.15, 0.2) is 18.2 Å². The third kappa shape index (κ3) is 2.69. The molecule has 2 aliphatic rings. The van der Waals surface area contributed by atoms with Crippen LogP contribution in [-0.2, 0) is 0 Å². The van der Waals surface area contributed by atoms with E-state index in [1.807, 2.05) is 12.1 Å². The number of piperidine rings is 1. The van der Waals surface area contributed by atoms with Crippen molar-refractivity contribution in [3.8, 4) is 0 Å². The van der Waals surface area contributed by atoms with E-state index in [0.717, 1.165) is 24.7 Å². The Bertz CT molecular complexity index is 532. The molecule has 5 nitrogen and oxygen atoms in total. The number of fused-ring (bicyclic) bond motifs is 1. The first-order valence-electron chi connectivity index (χ1n) is 7.91. The van der Waals surface area contributed by atoms with Crippen molar-refractivity contribution in [3.63, 3.8) is 0 Å². The van der Waals surface area contributed by atoms with Gasteiger partial charge in [0.05, 0.1) is 4.92 Å². The highest BCUT2D eigenvalue weighted by atomic mass is 16.6. The van der Waals surface area contributed by atoms with E-state index in [4.69, 9.17) is 0 Å². The van der Waals surface area contributed by atoms with Gasteiger partial charge in [0.25, 0.3) is 0 Å². The molecule has 3 rings (SSSR count). The molecule has 0 spiro atoms. The molecular weight excluding hydrogens is 266 g/mol. The van der Waals surface area contributed by atoms with E-state index in [9.17, 15) is 10.1 Å². The first kappa shape index (κ1) is 14.2. The van der Waals surface area contributed by atoms with Gasteiger partial charge >= 0.3 is 5.69 Å². The van der Waals surface area contributed by atoms with Crippen LogP contribution in [0.5, 0.6) is 0 Å². The second-order valence-corrected chi connectivity index (χ2v) is 6.22. The summed E-state index contributed by atoms with van der Waals surface area (Å²) >= 11 is 0. The Morgan fingerprint density at radius 1 is 1.24 bits per heavy atom. The highest BCUT2D eigenvalue weighted by Crippen LogP contribution is 2.41. The van der Waals surface area contributed by atoms with E-state index >= 15 is 0 Å². The topological polar surface area (TPSA) is 58.4 Å². The molecule has 21 heavy (non-hydrogen) atoms. The summed E-state index contributed by atoms with van der Waals surface area (Å²) in [6, 6.07) is 5.57. The summed E-state index contributed by atoms with van der Waals surface area (Å²) in [5.74, 6) is 1.55. The first-order chi connectivity index (χ1) is 10.2. The maximum Gasteiger partial charge on any atom is 0.315 e. The lowest BCUT2D eigenvalue weighted by Gasteiger charge is -2.42. The summed E-state index contributed by atoms with van der Waals surface area (Å²) in [7, 11) is 1.74. The number of hydrogen-bond acceptors (Lipinski definition) is 4. The summed E-state index contributed by atoms with van der Waals surface area (Å²) in [6.45, 7) is 1.91. The molecule has 5 heteroatoms. The van der Waals surface area contributed by atoms with Crippen molar-refractivity contribution in [2.75, 3.05) is 30.4 Å². The van der Waals surface area contributed by atoms with E-state index in [2.05, 4.69) is 10.2 Å². The summed E-state index contributed by atoms with van der Waals surface area (Å²) in [5.41, 5.74) is 1.59. The second-order valence-electron chi connectivity index (χ2n) is 6.22. The summed E-state index contributed by atoms with van der Waals surface area (Å²) in [6.07, 6.45) is 6.47. The number of hydrogen-bond donors (Lipinski definition) is 1. The number of rotatable bonds is 3. The average Bonchev–Trinajstić information content (AvgIpc) is 2.53. The van der Waals surface area contributed by atoms with Gasteiger partial charge in [-0.25, -0.2) is 0 Å². The van der Waals surface area contributed by atoms with Crippen molar-refractivity contribution >= 4 is 17.1 Å². The number of nitrogens with one attached hydrogen (secondary N) is 1. The maximum atomic E-state index is 11.5. The fourth-order valence-electron chi connectivity index (χ4n) is 4.00. The summed E-state index contributed by atoms with van der Waals surface area (Å²) in [5, 5.41) is 14.4. The van der Waals surface area contributed by atoms with Gasteiger partial charge in [-0.2, -0.15) is 0 Å². The minimum absolute atomic E-state index is 0.217. The van der Waals surface area contributed by atoms with Gasteiger partial charge in [-0.15, -0.1) is 0 Å². The molecule has 1 heterocycles. The molecule has 0 aromatic heterocycles. The fraction of sp³-hybridized carbons (Fsp3) is 0.625. The van der Waals surface area contributed by atoms with Gasteiger partial charge in [-0.3, -0.25) is 10.1 Å². The van der Waals surface area contributed by atoms with Gasteiger partial charge in [-0.1, -0.05) is 25.3 Å². The SMILES string of the molecule is CNc1cccc(N2CCC3CCCCC3C2)c1[N+](=O)[O-]. The predicted molar refractivity (Wildman–Crippen MR) is 84.9 cm³/mol. The first-order valence-corrected chi connectivity index (χ1v) is 7.91. The number of nitro benzene ring substituents is 1. The van der Waals surface area contributed by atoms with Gasteiger partial charge in [-0.05, 0) is 36.8 Å². The van der Waals surface area contributed by atoms with Crippen molar-refractivity contribution in [3.05, 3.63) is 28.3 Å². The van der Waals surface area contributed by atoms with Crippen LogP contribution in [0.2, 0.25) is 0 Å². The molecule has 1 saturated heterocycles. The number of para-hydroxylation sites is 1. The van der Waals surface area contributed by atoms with Crippen LogP contribution in [0.1, 0.15) is 32.1 Å². The lowest BCUT2D eigenvalue weighted by atomic mass is 9.75. The molecule has 1 aliphatic heterocycles. The van der Waals surface area contributed by atoms with Gasteiger partial charge in [0.15, 0.2) is 0 Å². The molecule has 2 fully saturated rings. The second kappa shape index (κ2) is 5.92. The lowest BCUT2D eigenvalue weighted by molar-refractivity contribution is -0.383. The molecule has 2 atom stereocenters. The van der Waals surface area contributed by atoms with Crippen molar-refractivity contribution in [1.29, 1.82) is 0 Å². The molecule has 0 amide bonds. The zero-order valence-electron chi connectivity index (χ0n) is 12.5. The normalized spacial score (nSPS) is 25.3. The zero-order chi connectivity index (χ0) is 14.8. The minimum atomic E-state index is -0.256. The lowest BCUT2D eigenvalue weighted by Crippen LogP contribution is -2.42. The molecule has 2 unspecified atom stereocenters. The van der Waals surface area contributed by atoms with E-state index in [1.54, 1.807) is 13.1 Å². The molecule has 114 valence electrons. The number of nitro groups is 1. The smallest absolute Gasteiger partial charge is 0.315 e. The summed E-state index contributed by atoms with van der Waals surface area (Å²) < 4.78 is 0. The number of anilines is 2. The van der Waals surface area contributed by atoms with Crippen molar-refractivity contribution < 1.29 is 4.92 Å². The Hall–Kier alpha value is -1.78. The Labute approximate surface area is 125 Å². The minimum Gasteiger partial charge on any atom is -0.382 e. The summed E-state index contributed by atoms with van der Waals surface area (Å²) in [4.78, 5) is 13.4. The van der Waals surface area contributed by atoms with E-state index in [0.29, 0.717) is 11.6 Å². The molecule has 1 aliphatic carbocycles. The maximum absolute atomic E-state index is 11.5. The molecule has 0 radical (unpaired) electrons. The monoisotopic (exact) mass is 289 g/mol. The van der Waals surface area contributed by atoms with E-state index in [1.165, 1.54) is 32.1 Å². The Morgan fingerprint density at radius 2 is 2.00 bits per heavy atom. The molecule has 1 aromatic rings. The van der Waals surface area contributed by atoms with Gasteiger partial charge in [0, 0.05) is 20.1 Å². The third-order valence-electron chi connectivity index (χ3n) is 5.10. The molecule has 0 bridgehead atoms. The van der Waals surface area contributed by atoms with Gasteiger partial charge in [0.1, 0.15) is 11.4 Å². The Balaban J connectivity index is 1.88. The van der Waals surface area contributed by atoms with Crippen molar-refractivity contribution in [2.45, 2.75) is 32.1 Å². The van der Waals surface area contributed by atoms with Crippen LogP contribution in [0.4, 0.5) is 17.1 Å². The van der Waals surface area contributed by atoms with Gasteiger partial charge < -0.3 is 10.2 Å². The average molecular weight is 289 g/mol. The third-order valence-corrected chi connectivity index (χ3v) is 5.10. The van der Waals surface area contributed by atoms with Crippen LogP contribution >= 0.6 is 0 Å². The highest BCUT2D eigenvalue weighted by molar-refractivity contribution is 5.77. The van der Waals surface area contributed by atoms with Crippen LogP contribution in [0.3, 0.4) is 0 Å². The Morgan fingerprint density at radius 3 is 2.71 bits per heavy atom. The zero-order valence-corrected chi connectivity index (χ0v) is 12.5. The van der Waals surface area contributed by atoms with Crippen LogP contribution in [-0.4, -0.2) is 25.1 Å². The number of benzene rings is 1. The quantitative estimate of drug-likeness (QED) is 0.681. The standard InChI is InChI=1S/C16H23N3O2/c1-17-14-7-4-8-15(16(14)19(20)21)18-10-9-12-5-2-3-6-13(12)11-18/h4,7-8,12-13,17H,2-3,5-6,9-11H2,1H3. The predicted octanol–water partition coefficient (Wildman–Crippen LogP) is 3.65. The van der Waals surface area contributed by atoms with E-state index < -0.39 is 0 Å². The Kier molecular flexibility index (Phi) is 3.99. The largest absolute Gasteiger partial charge is 0.382 e. The van der Waals surface area contributed by atoms with Gasteiger partial charge in [0.2, 0.25) is 0 Å². The van der Waals surface area contributed by atoms with Crippen LogP contribution in [0.25, 0.3) is 0 Å². The fourth-order valence-corrected chi connectivity index (χ4v) is 4.00. The molecule has 1 N–H and O–H groups in total. The number of nitrogens with zero attached hydrogens (tertiary/aromatic N) is 2. The van der Waals surface area contributed by atoms with Crippen molar-refractivity contribution in [1.82, 2.24) is 0 Å². The van der Waals surface area contributed by atoms with Crippen LogP contribution in [0, 0.1) is 22.0 Å². The molecule has 1 saturated carbocycles. The van der Waals surface area contributed by atoms with E-state index in [-0.39, 0.29) is 10.6 Å². The highest BCUT2D eigenvalue weighted by Gasteiger charge is 2.33. The van der Waals surface area contributed by atoms with Crippen LogP contribution < -0.4 is 10.2 Å². The van der Waals surface area contributed by atoms with Crippen molar-refractivity contribution in [2.24, 2.45) is 11.8 Å². The molecular formula is C16H23N3O2.